The van der Waals surface area contributed by atoms with E-state index < -0.39 is 0 Å². The van der Waals surface area contributed by atoms with Crippen LogP contribution in [0.15, 0.2) is 12.1 Å². The van der Waals surface area contributed by atoms with Gasteiger partial charge in [0.2, 0.25) is 0 Å². The lowest BCUT2D eigenvalue weighted by Gasteiger charge is -2.15. The Hall–Kier alpha value is -1.04. The summed E-state index contributed by atoms with van der Waals surface area (Å²) in [4.78, 5) is 0. The Bertz CT molecular complexity index is 298. The molecule has 0 bridgehead atoms. The Kier molecular flexibility index (Phi) is 0.426. The molecular formula is C8H6. The second kappa shape index (κ2) is 0.873. The summed E-state index contributed by atoms with van der Waals surface area (Å²) < 4.78 is 0. The fraction of sp³-hybridized carbons (Fsp3) is 0. The van der Waals surface area contributed by atoms with Crippen LogP contribution in [-0.4, -0.2) is 0 Å². The molecule has 0 N–H and O–H groups in total. The molecule has 0 atom stereocenters. The molecule has 2 aliphatic carbocycles. The SMILES string of the molecule is C=c1cc2c(=C)cc1-2. The Labute approximate surface area is 47.8 Å². The van der Waals surface area contributed by atoms with Crippen molar-refractivity contribution in [1.82, 2.24) is 0 Å². The van der Waals surface area contributed by atoms with Crippen molar-refractivity contribution in [2.75, 3.05) is 0 Å². The highest BCUT2D eigenvalue weighted by molar-refractivity contribution is 5.77. The van der Waals surface area contributed by atoms with Crippen molar-refractivity contribution in [1.29, 1.82) is 0 Å². The van der Waals surface area contributed by atoms with Crippen LogP contribution in [0.2, 0.25) is 0 Å². The third-order valence-electron chi connectivity index (χ3n) is 1.62. The summed E-state index contributed by atoms with van der Waals surface area (Å²) in [7, 11) is 0. The summed E-state index contributed by atoms with van der Waals surface area (Å²) in [6, 6.07) is 4.13. The average Bonchev–Trinajstić information content (AvgIpc) is 1.76. The number of fused-ring (bicyclic) bond motifs is 1. The first-order valence-corrected chi connectivity index (χ1v) is 2.61. The zero-order chi connectivity index (χ0) is 5.72. The van der Waals surface area contributed by atoms with E-state index in [1.165, 1.54) is 11.1 Å². The molecule has 0 saturated carbocycles. The molecule has 0 aromatic heterocycles. The lowest BCUT2D eigenvalue weighted by Crippen LogP contribution is -2.25. The molecule has 38 valence electrons. The van der Waals surface area contributed by atoms with Gasteiger partial charge in [-0.1, -0.05) is 13.2 Å². The third kappa shape index (κ3) is 0.216. The predicted octanol–water partition coefficient (Wildman–Crippen LogP) is 0.488. The van der Waals surface area contributed by atoms with Crippen molar-refractivity contribution in [3.8, 4) is 11.1 Å². The van der Waals surface area contributed by atoms with Crippen molar-refractivity contribution >= 4 is 13.2 Å². The molecule has 0 saturated heterocycles. The molecule has 0 aromatic carbocycles. The van der Waals surface area contributed by atoms with Gasteiger partial charge in [0, 0.05) is 0 Å². The van der Waals surface area contributed by atoms with E-state index in [2.05, 4.69) is 25.3 Å². The van der Waals surface area contributed by atoms with Gasteiger partial charge in [-0.05, 0) is 33.7 Å². The summed E-state index contributed by atoms with van der Waals surface area (Å²) >= 11 is 0. The molecule has 0 nitrogen and oxygen atoms in total. The van der Waals surface area contributed by atoms with Gasteiger partial charge in [-0.2, -0.15) is 0 Å². The summed E-state index contributed by atoms with van der Waals surface area (Å²) in [6.45, 7) is 7.58. The van der Waals surface area contributed by atoms with Gasteiger partial charge in [0.1, 0.15) is 0 Å². The lowest BCUT2D eigenvalue weighted by molar-refractivity contribution is 1.43. The number of rotatable bonds is 0. The van der Waals surface area contributed by atoms with Gasteiger partial charge in [0.25, 0.3) is 0 Å². The molecule has 0 heterocycles. The van der Waals surface area contributed by atoms with Crippen molar-refractivity contribution < 1.29 is 0 Å². The zero-order valence-corrected chi connectivity index (χ0v) is 4.57. The number of hydrogen-bond acceptors (Lipinski definition) is 0. The highest BCUT2D eigenvalue weighted by Gasteiger charge is 2.10. The second-order valence-corrected chi connectivity index (χ2v) is 2.17. The standard InChI is InChI=1S/C8H6/c1-5-3-8-6(2)4-7(5)8/h3-4H,1-2H2. The predicted molar refractivity (Wildman–Crippen MR) is 35.7 cm³/mol. The highest BCUT2D eigenvalue weighted by Crippen LogP contribution is 2.16. The molecular weight excluding hydrogens is 96.1 g/mol. The molecule has 0 spiro atoms. The summed E-state index contributed by atoms with van der Waals surface area (Å²) in [5, 5.41) is 2.32. The van der Waals surface area contributed by atoms with Crippen molar-refractivity contribution in [2.45, 2.75) is 0 Å². The molecule has 0 aliphatic heterocycles. The van der Waals surface area contributed by atoms with Crippen LogP contribution < -0.4 is 10.4 Å². The maximum absolute atomic E-state index is 3.79. The van der Waals surface area contributed by atoms with E-state index in [9.17, 15) is 0 Å². The van der Waals surface area contributed by atoms with Gasteiger partial charge >= 0.3 is 0 Å². The van der Waals surface area contributed by atoms with E-state index in [0.29, 0.717) is 0 Å². The Morgan fingerprint density at radius 1 is 0.875 bits per heavy atom. The normalized spacial score (nSPS) is 11.5. The molecule has 0 aromatic rings. The second-order valence-electron chi connectivity index (χ2n) is 2.17. The van der Waals surface area contributed by atoms with E-state index in [0.717, 1.165) is 10.4 Å². The van der Waals surface area contributed by atoms with E-state index in [1.54, 1.807) is 0 Å². The molecule has 0 amide bonds. The summed E-state index contributed by atoms with van der Waals surface area (Å²) in [5.41, 5.74) is 2.63. The van der Waals surface area contributed by atoms with Crippen molar-refractivity contribution in [3.05, 3.63) is 22.6 Å². The smallest absolute Gasteiger partial charge is 0.0105 e. The van der Waals surface area contributed by atoms with Crippen LogP contribution in [0, 0.1) is 0 Å². The van der Waals surface area contributed by atoms with Crippen molar-refractivity contribution in [3.63, 3.8) is 0 Å². The van der Waals surface area contributed by atoms with Crippen LogP contribution in [0.4, 0.5) is 0 Å². The number of benzene rings is 1. The fourth-order valence-corrected chi connectivity index (χ4v) is 1.04. The van der Waals surface area contributed by atoms with E-state index in [1.807, 2.05) is 0 Å². The molecule has 0 fully saturated rings. The van der Waals surface area contributed by atoms with Gasteiger partial charge in [-0.25, -0.2) is 0 Å². The number of hydrogen-bond donors (Lipinski definition) is 0. The summed E-state index contributed by atoms with van der Waals surface area (Å²) in [5.74, 6) is 0. The Morgan fingerprint density at radius 3 is 1.38 bits per heavy atom. The van der Waals surface area contributed by atoms with Crippen LogP contribution in [0.5, 0.6) is 0 Å². The van der Waals surface area contributed by atoms with Crippen molar-refractivity contribution in [2.24, 2.45) is 0 Å². The third-order valence-corrected chi connectivity index (χ3v) is 1.62. The molecule has 0 heteroatoms. The van der Waals surface area contributed by atoms with E-state index in [4.69, 9.17) is 0 Å². The maximum atomic E-state index is 3.79. The van der Waals surface area contributed by atoms with Crippen LogP contribution in [-0.2, 0) is 0 Å². The topological polar surface area (TPSA) is 0 Å². The quantitative estimate of drug-likeness (QED) is 0.454. The van der Waals surface area contributed by atoms with Gasteiger partial charge < -0.3 is 0 Å². The minimum Gasteiger partial charge on any atom is -0.0911 e. The van der Waals surface area contributed by atoms with Gasteiger partial charge in [-0.3, -0.25) is 0 Å². The average molecular weight is 102 g/mol. The zero-order valence-electron chi connectivity index (χ0n) is 4.57. The highest BCUT2D eigenvalue weighted by atomic mass is 14.1. The molecule has 0 unspecified atom stereocenters. The van der Waals surface area contributed by atoms with E-state index >= 15 is 0 Å². The minimum atomic E-state index is 1.16. The van der Waals surface area contributed by atoms with Gasteiger partial charge in [0.15, 0.2) is 0 Å². The Morgan fingerprint density at radius 2 is 1.25 bits per heavy atom. The van der Waals surface area contributed by atoms with Crippen LogP contribution in [0.25, 0.3) is 24.3 Å². The maximum Gasteiger partial charge on any atom is -0.0105 e. The molecule has 8 heavy (non-hydrogen) atoms. The largest absolute Gasteiger partial charge is 0.0911 e. The fourth-order valence-electron chi connectivity index (χ4n) is 1.04. The first-order chi connectivity index (χ1) is 3.79. The molecule has 0 radical (unpaired) electrons. The molecule has 2 aliphatic rings. The first-order valence-electron chi connectivity index (χ1n) is 2.61. The monoisotopic (exact) mass is 102 g/mol. The van der Waals surface area contributed by atoms with Crippen LogP contribution in [0.3, 0.4) is 0 Å². The Balaban J connectivity index is 3.03. The first kappa shape index (κ1) is 3.90. The summed E-state index contributed by atoms with van der Waals surface area (Å²) in [6.07, 6.45) is 0. The van der Waals surface area contributed by atoms with Crippen LogP contribution >= 0.6 is 0 Å². The van der Waals surface area contributed by atoms with Gasteiger partial charge in [0.05, 0.1) is 0 Å². The van der Waals surface area contributed by atoms with Gasteiger partial charge in [-0.15, -0.1) is 0 Å². The van der Waals surface area contributed by atoms with Crippen LogP contribution in [0.1, 0.15) is 0 Å². The lowest BCUT2D eigenvalue weighted by atomic mass is 9.89. The molecule has 2 rings (SSSR count). The minimum absolute atomic E-state index is 1.16. The van der Waals surface area contributed by atoms with E-state index in [-0.39, 0.29) is 0 Å².